The lowest BCUT2D eigenvalue weighted by Gasteiger charge is -2.21. The second-order valence-electron chi connectivity index (χ2n) is 4.38. The first-order chi connectivity index (χ1) is 7.26. The van der Waals surface area contributed by atoms with Gasteiger partial charge in [-0.1, -0.05) is 18.6 Å². The van der Waals surface area contributed by atoms with E-state index in [0.29, 0.717) is 5.92 Å². The van der Waals surface area contributed by atoms with Crippen LogP contribution in [0.3, 0.4) is 0 Å². The molecule has 0 radical (unpaired) electrons. The molecule has 0 aromatic carbocycles. The lowest BCUT2D eigenvalue weighted by Crippen LogP contribution is -2.14. The van der Waals surface area contributed by atoms with Crippen LogP contribution in [0, 0.1) is 5.92 Å². The molecule has 0 saturated carbocycles. The molecular formula is C13H18O2. The van der Waals surface area contributed by atoms with Gasteiger partial charge in [-0.3, -0.25) is 0 Å². The van der Waals surface area contributed by atoms with E-state index in [9.17, 15) is 4.79 Å². The molecule has 0 heterocycles. The molecule has 2 aliphatic carbocycles. The molecule has 0 aliphatic heterocycles. The van der Waals surface area contributed by atoms with Gasteiger partial charge in [-0.2, -0.15) is 0 Å². The Morgan fingerprint density at radius 3 is 3.00 bits per heavy atom. The summed E-state index contributed by atoms with van der Waals surface area (Å²) in [5, 5.41) is 0. The number of hydrogen-bond acceptors (Lipinski definition) is 2. The van der Waals surface area contributed by atoms with Gasteiger partial charge in [0.15, 0.2) is 0 Å². The minimum atomic E-state index is -0.150. The average Bonchev–Trinajstić information content (AvgIpc) is 2.74. The van der Waals surface area contributed by atoms with Crippen LogP contribution in [-0.2, 0) is 9.53 Å². The van der Waals surface area contributed by atoms with Gasteiger partial charge in [-0.15, -0.1) is 0 Å². The van der Waals surface area contributed by atoms with Gasteiger partial charge in [0.25, 0.3) is 0 Å². The van der Waals surface area contributed by atoms with Crippen LogP contribution in [0.1, 0.15) is 39.0 Å². The SMILES string of the molecule is CCC1C=C(C(=O)OC)C2=C(CCC2)C1. The Morgan fingerprint density at radius 1 is 1.53 bits per heavy atom. The number of ether oxygens (including phenoxy) is 1. The van der Waals surface area contributed by atoms with Crippen molar-refractivity contribution in [3.8, 4) is 0 Å². The van der Waals surface area contributed by atoms with E-state index in [1.165, 1.54) is 31.1 Å². The highest BCUT2D eigenvalue weighted by molar-refractivity contribution is 5.94. The molecule has 0 amide bonds. The van der Waals surface area contributed by atoms with Crippen LogP contribution in [0.4, 0.5) is 0 Å². The van der Waals surface area contributed by atoms with Crippen LogP contribution >= 0.6 is 0 Å². The Kier molecular flexibility index (Phi) is 2.94. The van der Waals surface area contributed by atoms with E-state index in [1.807, 2.05) is 0 Å². The predicted octanol–water partition coefficient (Wildman–Crippen LogP) is 3.00. The maximum atomic E-state index is 11.6. The number of hydrogen-bond donors (Lipinski definition) is 0. The first-order valence-corrected chi connectivity index (χ1v) is 5.77. The molecule has 82 valence electrons. The summed E-state index contributed by atoms with van der Waals surface area (Å²) in [6.07, 6.45) is 7.84. The summed E-state index contributed by atoms with van der Waals surface area (Å²) in [4.78, 5) is 11.6. The number of allylic oxidation sites excluding steroid dienone is 2. The third-order valence-corrected chi connectivity index (χ3v) is 3.50. The molecule has 0 N–H and O–H groups in total. The van der Waals surface area contributed by atoms with Crippen molar-refractivity contribution < 1.29 is 9.53 Å². The molecule has 2 heteroatoms. The van der Waals surface area contributed by atoms with Crippen LogP contribution in [0.15, 0.2) is 22.8 Å². The highest BCUT2D eigenvalue weighted by atomic mass is 16.5. The second-order valence-corrected chi connectivity index (χ2v) is 4.38. The van der Waals surface area contributed by atoms with E-state index in [0.717, 1.165) is 24.8 Å². The quantitative estimate of drug-likeness (QED) is 0.649. The molecular weight excluding hydrogens is 188 g/mol. The van der Waals surface area contributed by atoms with Gasteiger partial charge in [0.2, 0.25) is 0 Å². The molecule has 1 atom stereocenters. The molecule has 1 unspecified atom stereocenters. The highest BCUT2D eigenvalue weighted by Gasteiger charge is 2.28. The van der Waals surface area contributed by atoms with Crippen molar-refractivity contribution in [2.75, 3.05) is 7.11 Å². The first kappa shape index (κ1) is 10.5. The fraction of sp³-hybridized carbons (Fsp3) is 0.615. The lowest BCUT2D eigenvalue weighted by atomic mass is 9.85. The van der Waals surface area contributed by atoms with Crippen LogP contribution in [0.2, 0.25) is 0 Å². The molecule has 0 fully saturated rings. The topological polar surface area (TPSA) is 26.3 Å². The Hall–Kier alpha value is -1.05. The van der Waals surface area contributed by atoms with Crippen molar-refractivity contribution in [2.45, 2.75) is 39.0 Å². The molecule has 0 aromatic heterocycles. The third kappa shape index (κ3) is 1.85. The monoisotopic (exact) mass is 206 g/mol. The maximum absolute atomic E-state index is 11.6. The third-order valence-electron chi connectivity index (χ3n) is 3.50. The van der Waals surface area contributed by atoms with E-state index in [-0.39, 0.29) is 5.97 Å². The molecule has 0 aromatic rings. The summed E-state index contributed by atoms with van der Waals surface area (Å²) in [7, 11) is 1.47. The van der Waals surface area contributed by atoms with Crippen molar-refractivity contribution in [2.24, 2.45) is 5.92 Å². The van der Waals surface area contributed by atoms with Gasteiger partial charge in [0.05, 0.1) is 12.7 Å². The first-order valence-electron chi connectivity index (χ1n) is 5.77. The molecule has 2 rings (SSSR count). The zero-order valence-electron chi connectivity index (χ0n) is 9.51. The van der Waals surface area contributed by atoms with Crippen LogP contribution in [0.5, 0.6) is 0 Å². The maximum Gasteiger partial charge on any atom is 0.337 e. The standard InChI is InChI=1S/C13H18O2/c1-3-9-7-10-5-4-6-11(10)12(8-9)13(14)15-2/h8-9H,3-7H2,1-2H3. The van der Waals surface area contributed by atoms with Crippen molar-refractivity contribution in [3.63, 3.8) is 0 Å². The smallest absolute Gasteiger partial charge is 0.337 e. The van der Waals surface area contributed by atoms with E-state index in [4.69, 9.17) is 4.74 Å². The summed E-state index contributed by atoms with van der Waals surface area (Å²) in [5.74, 6) is 0.387. The number of carbonyl (C=O) groups is 1. The predicted molar refractivity (Wildman–Crippen MR) is 59.4 cm³/mol. The van der Waals surface area contributed by atoms with E-state index in [1.54, 1.807) is 0 Å². The fourth-order valence-electron chi connectivity index (χ4n) is 2.63. The Balaban J connectivity index is 2.30. The van der Waals surface area contributed by atoms with E-state index < -0.39 is 0 Å². The molecule has 15 heavy (non-hydrogen) atoms. The summed E-state index contributed by atoms with van der Waals surface area (Å²) < 4.78 is 4.85. The summed E-state index contributed by atoms with van der Waals surface area (Å²) in [6.45, 7) is 2.18. The summed E-state index contributed by atoms with van der Waals surface area (Å²) >= 11 is 0. The lowest BCUT2D eigenvalue weighted by molar-refractivity contribution is -0.135. The zero-order valence-corrected chi connectivity index (χ0v) is 9.51. The normalized spacial score (nSPS) is 24.9. The highest BCUT2D eigenvalue weighted by Crippen LogP contribution is 2.40. The number of carbonyl (C=O) groups excluding carboxylic acids is 1. The Bertz CT molecular complexity index is 336. The molecule has 2 aliphatic rings. The van der Waals surface area contributed by atoms with Crippen molar-refractivity contribution >= 4 is 5.97 Å². The van der Waals surface area contributed by atoms with E-state index in [2.05, 4.69) is 13.0 Å². The molecule has 0 saturated heterocycles. The number of esters is 1. The number of methoxy groups -OCH3 is 1. The van der Waals surface area contributed by atoms with Crippen LogP contribution in [-0.4, -0.2) is 13.1 Å². The van der Waals surface area contributed by atoms with Crippen molar-refractivity contribution in [1.29, 1.82) is 0 Å². The second kappa shape index (κ2) is 4.21. The van der Waals surface area contributed by atoms with Crippen LogP contribution < -0.4 is 0 Å². The van der Waals surface area contributed by atoms with Crippen LogP contribution in [0.25, 0.3) is 0 Å². The summed E-state index contributed by atoms with van der Waals surface area (Å²) in [5.41, 5.74) is 3.64. The van der Waals surface area contributed by atoms with Crippen molar-refractivity contribution in [1.82, 2.24) is 0 Å². The minimum absolute atomic E-state index is 0.150. The van der Waals surface area contributed by atoms with Crippen molar-refractivity contribution in [3.05, 3.63) is 22.8 Å². The van der Waals surface area contributed by atoms with Gasteiger partial charge in [0, 0.05) is 0 Å². The largest absolute Gasteiger partial charge is 0.465 e. The summed E-state index contributed by atoms with van der Waals surface area (Å²) in [6, 6.07) is 0. The average molecular weight is 206 g/mol. The zero-order chi connectivity index (χ0) is 10.8. The fourth-order valence-corrected chi connectivity index (χ4v) is 2.63. The van der Waals surface area contributed by atoms with Gasteiger partial charge < -0.3 is 4.74 Å². The Morgan fingerprint density at radius 2 is 2.33 bits per heavy atom. The molecule has 2 nitrogen and oxygen atoms in total. The Labute approximate surface area is 91.0 Å². The molecule has 0 spiro atoms. The van der Waals surface area contributed by atoms with Gasteiger partial charge in [-0.05, 0) is 43.6 Å². The van der Waals surface area contributed by atoms with Gasteiger partial charge in [-0.25, -0.2) is 4.79 Å². The van der Waals surface area contributed by atoms with Gasteiger partial charge in [0.1, 0.15) is 0 Å². The number of rotatable bonds is 2. The van der Waals surface area contributed by atoms with E-state index >= 15 is 0 Å². The minimum Gasteiger partial charge on any atom is -0.465 e. The van der Waals surface area contributed by atoms with Gasteiger partial charge >= 0.3 is 5.97 Å². The molecule has 0 bridgehead atoms.